The number of rotatable bonds is 3. The van der Waals surface area contributed by atoms with Crippen molar-refractivity contribution in [1.29, 1.82) is 0 Å². The van der Waals surface area contributed by atoms with E-state index < -0.39 is 11.6 Å². The second kappa shape index (κ2) is 4.09. The van der Waals surface area contributed by atoms with Gasteiger partial charge >= 0.3 is 5.97 Å². The van der Waals surface area contributed by atoms with Gasteiger partial charge in [0.05, 0.1) is 6.61 Å². The smallest absolute Gasteiger partial charge is 0.338 e. The van der Waals surface area contributed by atoms with Crippen molar-refractivity contribution in [1.82, 2.24) is 0 Å². The molecule has 3 nitrogen and oxygen atoms in total. The molecular formula is C10H18O3. The van der Waals surface area contributed by atoms with Crippen molar-refractivity contribution in [3.63, 3.8) is 0 Å². The molecule has 3 heteroatoms. The Morgan fingerprint density at radius 3 is 2.77 bits per heavy atom. The van der Waals surface area contributed by atoms with Gasteiger partial charge in [-0.3, -0.25) is 0 Å². The fourth-order valence-corrected chi connectivity index (χ4v) is 1.92. The van der Waals surface area contributed by atoms with Crippen LogP contribution in [0, 0.1) is 5.92 Å². The number of carbonyl (C=O) groups excluding carboxylic acids is 1. The van der Waals surface area contributed by atoms with Gasteiger partial charge in [-0.2, -0.15) is 0 Å². The summed E-state index contributed by atoms with van der Waals surface area (Å²) >= 11 is 0. The summed E-state index contributed by atoms with van der Waals surface area (Å²) in [7, 11) is 0. The Balaban J connectivity index is 2.53. The second-order valence-corrected chi connectivity index (χ2v) is 3.77. The van der Waals surface area contributed by atoms with E-state index in [1.807, 2.05) is 0 Å². The van der Waals surface area contributed by atoms with Crippen LogP contribution in [0.3, 0.4) is 0 Å². The first-order valence-electron chi connectivity index (χ1n) is 5.02. The molecule has 1 N–H and O–H groups in total. The van der Waals surface area contributed by atoms with Crippen LogP contribution < -0.4 is 0 Å². The van der Waals surface area contributed by atoms with Gasteiger partial charge in [-0.25, -0.2) is 4.79 Å². The second-order valence-electron chi connectivity index (χ2n) is 3.77. The van der Waals surface area contributed by atoms with Crippen LogP contribution in [0.4, 0.5) is 0 Å². The van der Waals surface area contributed by atoms with E-state index >= 15 is 0 Å². The van der Waals surface area contributed by atoms with E-state index in [9.17, 15) is 9.90 Å². The normalized spacial score (nSPS) is 33.3. The average Bonchev–Trinajstić information content (AvgIpc) is 2.49. The van der Waals surface area contributed by atoms with Crippen molar-refractivity contribution in [3.8, 4) is 0 Å². The highest BCUT2D eigenvalue weighted by Gasteiger charge is 2.44. The zero-order valence-corrected chi connectivity index (χ0v) is 8.38. The van der Waals surface area contributed by atoms with E-state index in [0.29, 0.717) is 25.4 Å². The lowest BCUT2D eigenvalue weighted by molar-refractivity contribution is -0.164. The number of esters is 1. The van der Waals surface area contributed by atoms with Gasteiger partial charge in [-0.05, 0) is 32.1 Å². The summed E-state index contributed by atoms with van der Waals surface area (Å²) in [5.41, 5.74) is -1.18. The molecule has 2 unspecified atom stereocenters. The minimum absolute atomic E-state index is 0.345. The molecule has 0 radical (unpaired) electrons. The lowest BCUT2D eigenvalue weighted by atomic mass is 9.99. The van der Waals surface area contributed by atoms with E-state index in [4.69, 9.17) is 4.74 Å². The van der Waals surface area contributed by atoms with Gasteiger partial charge in [0.15, 0.2) is 5.60 Å². The molecule has 1 rings (SSSR count). The van der Waals surface area contributed by atoms with Gasteiger partial charge in [-0.15, -0.1) is 0 Å². The van der Waals surface area contributed by atoms with E-state index in [2.05, 4.69) is 6.92 Å². The molecule has 1 aliphatic rings. The van der Waals surface area contributed by atoms with Crippen LogP contribution in [-0.2, 0) is 9.53 Å². The molecule has 0 bridgehead atoms. The highest BCUT2D eigenvalue weighted by molar-refractivity contribution is 5.79. The zero-order valence-electron chi connectivity index (χ0n) is 8.38. The Labute approximate surface area is 79.1 Å². The van der Waals surface area contributed by atoms with Crippen LogP contribution in [0.25, 0.3) is 0 Å². The molecule has 1 aliphatic carbocycles. The molecular weight excluding hydrogens is 168 g/mol. The molecule has 0 spiro atoms. The van der Waals surface area contributed by atoms with Gasteiger partial charge < -0.3 is 9.84 Å². The summed E-state index contributed by atoms with van der Waals surface area (Å²) in [5, 5.41) is 9.92. The van der Waals surface area contributed by atoms with Gasteiger partial charge in [0, 0.05) is 0 Å². The van der Waals surface area contributed by atoms with E-state index in [-0.39, 0.29) is 0 Å². The predicted octanol–water partition coefficient (Wildman–Crippen LogP) is 1.49. The molecule has 0 aromatic rings. The molecule has 1 fully saturated rings. The maximum atomic E-state index is 11.4. The first kappa shape index (κ1) is 10.5. The van der Waals surface area contributed by atoms with Crippen molar-refractivity contribution < 1.29 is 14.6 Å². The quantitative estimate of drug-likeness (QED) is 0.679. The summed E-state index contributed by atoms with van der Waals surface area (Å²) in [6.07, 6.45) is 3.10. The topological polar surface area (TPSA) is 46.5 Å². The van der Waals surface area contributed by atoms with Crippen molar-refractivity contribution in [2.45, 2.75) is 45.1 Å². The maximum Gasteiger partial charge on any atom is 0.338 e. The number of aliphatic hydroxyl groups is 1. The van der Waals surface area contributed by atoms with Crippen LogP contribution in [-0.4, -0.2) is 23.3 Å². The van der Waals surface area contributed by atoms with Crippen molar-refractivity contribution >= 4 is 5.97 Å². The molecule has 13 heavy (non-hydrogen) atoms. The molecule has 76 valence electrons. The summed E-state index contributed by atoms with van der Waals surface area (Å²) < 4.78 is 4.83. The van der Waals surface area contributed by atoms with Gasteiger partial charge in [0.25, 0.3) is 0 Å². The molecule has 2 atom stereocenters. The number of hydrogen-bond acceptors (Lipinski definition) is 3. The monoisotopic (exact) mass is 186 g/mol. The van der Waals surface area contributed by atoms with E-state index in [0.717, 1.165) is 12.8 Å². The minimum atomic E-state index is -1.18. The number of carbonyl (C=O) groups is 1. The summed E-state index contributed by atoms with van der Waals surface area (Å²) in [6, 6.07) is 0. The molecule has 1 saturated carbocycles. The van der Waals surface area contributed by atoms with E-state index in [1.54, 1.807) is 6.92 Å². The molecule has 0 heterocycles. The molecule has 0 aliphatic heterocycles. The van der Waals surface area contributed by atoms with Crippen molar-refractivity contribution in [2.24, 2.45) is 5.92 Å². The van der Waals surface area contributed by atoms with E-state index in [1.165, 1.54) is 0 Å². The predicted molar refractivity (Wildman–Crippen MR) is 49.2 cm³/mol. The maximum absolute atomic E-state index is 11.4. The van der Waals surface area contributed by atoms with Crippen LogP contribution in [0.2, 0.25) is 0 Å². The van der Waals surface area contributed by atoms with Crippen molar-refractivity contribution in [3.05, 3.63) is 0 Å². The van der Waals surface area contributed by atoms with Crippen LogP contribution in [0.1, 0.15) is 39.5 Å². The SMILES string of the molecule is CCOC(=O)C1(O)CCC(CC)C1. The largest absolute Gasteiger partial charge is 0.464 e. The Hall–Kier alpha value is -0.570. The third-order valence-corrected chi connectivity index (χ3v) is 2.83. The summed E-state index contributed by atoms with van der Waals surface area (Å²) in [4.78, 5) is 11.4. The third-order valence-electron chi connectivity index (χ3n) is 2.83. The minimum Gasteiger partial charge on any atom is -0.464 e. The van der Waals surface area contributed by atoms with Crippen LogP contribution >= 0.6 is 0 Å². The first-order chi connectivity index (χ1) is 6.12. The molecule has 0 saturated heterocycles. The third kappa shape index (κ3) is 2.21. The zero-order chi connectivity index (χ0) is 9.90. The Morgan fingerprint density at radius 2 is 2.31 bits per heavy atom. The van der Waals surface area contributed by atoms with Gasteiger partial charge in [0.2, 0.25) is 0 Å². The molecule has 0 amide bonds. The number of ether oxygens (including phenoxy) is 1. The standard InChI is InChI=1S/C10H18O3/c1-3-8-5-6-10(12,7-8)9(11)13-4-2/h8,12H,3-7H2,1-2H3. The van der Waals surface area contributed by atoms with Crippen molar-refractivity contribution in [2.75, 3.05) is 6.61 Å². The summed E-state index contributed by atoms with van der Waals surface area (Å²) in [5.74, 6) is 0.0420. The Bertz CT molecular complexity index is 191. The highest BCUT2D eigenvalue weighted by atomic mass is 16.5. The fraction of sp³-hybridized carbons (Fsp3) is 0.900. The molecule has 0 aromatic carbocycles. The Morgan fingerprint density at radius 1 is 1.62 bits per heavy atom. The van der Waals surface area contributed by atoms with Crippen LogP contribution in [0.5, 0.6) is 0 Å². The average molecular weight is 186 g/mol. The molecule has 0 aromatic heterocycles. The summed E-state index contributed by atoms with van der Waals surface area (Å²) in [6.45, 7) is 4.19. The highest BCUT2D eigenvalue weighted by Crippen LogP contribution is 2.36. The fourth-order valence-electron chi connectivity index (χ4n) is 1.92. The van der Waals surface area contributed by atoms with Crippen LogP contribution in [0.15, 0.2) is 0 Å². The lowest BCUT2D eigenvalue weighted by Crippen LogP contribution is -2.37. The number of hydrogen-bond donors (Lipinski definition) is 1. The Kier molecular flexibility index (Phi) is 3.31. The van der Waals surface area contributed by atoms with Gasteiger partial charge in [0.1, 0.15) is 0 Å². The lowest BCUT2D eigenvalue weighted by Gasteiger charge is -2.19. The van der Waals surface area contributed by atoms with Gasteiger partial charge in [-0.1, -0.05) is 13.3 Å². The first-order valence-corrected chi connectivity index (χ1v) is 5.02.